The molecule has 0 aromatic carbocycles. The summed E-state index contributed by atoms with van der Waals surface area (Å²) in [5, 5.41) is 3.26. The van der Waals surface area contributed by atoms with Gasteiger partial charge in [-0.25, -0.2) is 0 Å². The molecule has 0 bridgehead atoms. The Bertz CT molecular complexity index is 193. The third-order valence-electron chi connectivity index (χ3n) is 1.90. The minimum absolute atomic E-state index is 0.203. The normalized spacial score (nSPS) is 9.71. The van der Waals surface area contributed by atoms with Crippen molar-refractivity contribution in [1.29, 1.82) is 0 Å². The summed E-state index contributed by atoms with van der Waals surface area (Å²) >= 11 is 0. The number of allylic oxidation sites excluding steroid dienone is 1. The van der Waals surface area contributed by atoms with Gasteiger partial charge in [-0.15, -0.1) is 0 Å². The minimum atomic E-state index is 0.203. The highest BCUT2D eigenvalue weighted by molar-refractivity contribution is 5.75. The lowest BCUT2D eigenvalue weighted by atomic mass is 10.3. The van der Waals surface area contributed by atoms with Gasteiger partial charge in [0.25, 0.3) is 0 Å². The third-order valence-corrected chi connectivity index (χ3v) is 1.90. The molecule has 0 atom stereocenters. The Morgan fingerprint density at radius 1 is 1.36 bits per heavy atom. The molecule has 0 heterocycles. The highest BCUT2D eigenvalue weighted by atomic mass is 16.2. The van der Waals surface area contributed by atoms with Crippen molar-refractivity contribution in [2.45, 2.75) is 26.7 Å². The first-order valence-electron chi connectivity index (χ1n) is 5.08. The van der Waals surface area contributed by atoms with Gasteiger partial charge in [0.1, 0.15) is 0 Å². The molecule has 3 nitrogen and oxygen atoms in total. The SMILES string of the molecule is CC(C)=CCNCCCC(=O)N(C)C. The van der Waals surface area contributed by atoms with Crippen molar-refractivity contribution in [3.8, 4) is 0 Å². The monoisotopic (exact) mass is 198 g/mol. The van der Waals surface area contributed by atoms with Crippen molar-refractivity contribution in [3.63, 3.8) is 0 Å². The summed E-state index contributed by atoms with van der Waals surface area (Å²) in [5.74, 6) is 0.203. The van der Waals surface area contributed by atoms with Crippen LogP contribution in [0.5, 0.6) is 0 Å². The molecule has 0 spiro atoms. The fourth-order valence-corrected chi connectivity index (χ4v) is 0.967. The molecule has 14 heavy (non-hydrogen) atoms. The smallest absolute Gasteiger partial charge is 0.222 e. The van der Waals surface area contributed by atoms with Gasteiger partial charge in [-0.1, -0.05) is 11.6 Å². The number of hydrogen-bond donors (Lipinski definition) is 1. The number of nitrogens with one attached hydrogen (secondary N) is 1. The van der Waals surface area contributed by atoms with E-state index in [1.807, 2.05) is 0 Å². The molecule has 0 radical (unpaired) electrons. The zero-order valence-corrected chi connectivity index (χ0v) is 9.76. The summed E-state index contributed by atoms with van der Waals surface area (Å²) in [6.45, 7) is 5.97. The van der Waals surface area contributed by atoms with E-state index >= 15 is 0 Å². The van der Waals surface area contributed by atoms with Gasteiger partial charge in [0.2, 0.25) is 5.91 Å². The minimum Gasteiger partial charge on any atom is -0.349 e. The molecule has 3 heteroatoms. The summed E-state index contributed by atoms with van der Waals surface area (Å²) in [6, 6.07) is 0. The summed E-state index contributed by atoms with van der Waals surface area (Å²) in [4.78, 5) is 12.8. The lowest BCUT2D eigenvalue weighted by molar-refractivity contribution is -0.128. The van der Waals surface area contributed by atoms with E-state index in [2.05, 4.69) is 25.2 Å². The van der Waals surface area contributed by atoms with Crippen molar-refractivity contribution in [2.24, 2.45) is 0 Å². The largest absolute Gasteiger partial charge is 0.349 e. The molecule has 0 rings (SSSR count). The van der Waals surface area contributed by atoms with E-state index < -0.39 is 0 Å². The van der Waals surface area contributed by atoms with Crippen LogP contribution in [0.1, 0.15) is 26.7 Å². The molecular weight excluding hydrogens is 176 g/mol. The fraction of sp³-hybridized carbons (Fsp3) is 0.727. The van der Waals surface area contributed by atoms with Crippen molar-refractivity contribution >= 4 is 5.91 Å². The summed E-state index contributed by atoms with van der Waals surface area (Å²) in [5.41, 5.74) is 1.32. The summed E-state index contributed by atoms with van der Waals surface area (Å²) in [6.07, 6.45) is 3.69. The van der Waals surface area contributed by atoms with E-state index in [4.69, 9.17) is 0 Å². The summed E-state index contributed by atoms with van der Waals surface area (Å²) in [7, 11) is 3.58. The standard InChI is InChI=1S/C11H22N2O/c1-10(2)7-9-12-8-5-6-11(14)13(3)4/h7,12H,5-6,8-9H2,1-4H3. The van der Waals surface area contributed by atoms with E-state index in [1.165, 1.54) is 5.57 Å². The van der Waals surface area contributed by atoms with Gasteiger partial charge in [0.15, 0.2) is 0 Å². The number of amides is 1. The third kappa shape index (κ3) is 7.80. The predicted octanol–water partition coefficient (Wildman–Crippen LogP) is 1.41. The van der Waals surface area contributed by atoms with Gasteiger partial charge in [0.05, 0.1) is 0 Å². The Morgan fingerprint density at radius 2 is 2.00 bits per heavy atom. The van der Waals surface area contributed by atoms with Crippen LogP contribution in [-0.4, -0.2) is 38.0 Å². The van der Waals surface area contributed by atoms with E-state index in [0.717, 1.165) is 19.5 Å². The van der Waals surface area contributed by atoms with Crippen LogP contribution in [0.2, 0.25) is 0 Å². The van der Waals surface area contributed by atoms with E-state index in [1.54, 1.807) is 19.0 Å². The maximum absolute atomic E-state index is 11.2. The number of carbonyl (C=O) groups excluding carboxylic acids is 1. The van der Waals surface area contributed by atoms with Gasteiger partial charge in [-0.2, -0.15) is 0 Å². The number of rotatable bonds is 6. The topological polar surface area (TPSA) is 32.3 Å². The number of carbonyl (C=O) groups is 1. The van der Waals surface area contributed by atoms with Crippen LogP contribution in [0.15, 0.2) is 11.6 Å². The molecule has 1 amide bonds. The van der Waals surface area contributed by atoms with E-state index in [9.17, 15) is 4.79 Å². The molecule has 0 aliphatic carbocycles. The zero-order chi connectivity index (χ0) is 11.0. The average Bonchev–Trinajstić information content (AvgIpc) is 2.09. The van der Waals surface area contributed by atoms with Crippen LogP contribution < -0.4 is 5.32 Å². The number of nitrogens with zero attached hydrogens (tertiary/aromatic N) is 1. The fourth-order valence-electron chi connectivity index (χ4n) is 0.967. The van der Waals surface area contributed by atoms with Crippen LogP contribution in [-0.2, 0) is 4.79 Å². The van der Waals surface area contributed by atoms with Crippen LogP contribution in [0, 0.1) is 0 Å². The second kappa shape index (κ2) is 7.56. The first-order valence-corrected chi connectivity index (χ1v) is 5.08. The molecule has 0 aliphatic rings. The van der Waals surface area contributed by atoms with Gasteiger partial charge < -0.3 is 10.2 Å². The van der Waals surface area contributed by atoms with Crippen molar-refractivity contribution < 1.29 is 4.79 Å². The van der Waals surface area contributed by atoms with Gasteiger partial charge in [-0.05, 0) is 26.8 Å². The van der Waals surface area contributed by atoms with Crippen molar-refractivity contribution in [3.05, 3.63) is 11.6 Å². The molecule has 0 saturated carbocycles. The molecule has 0 aromatic heterocycles. The van der Waals surface area contributed by atoms with Crippen LogP contribution in [0.3, 0.4) is 0 Å². The predicted molar refractivity (Wildman–Crippen MR) is 60.2 cm³/mol. The first kappa shape index (κ1) is 13.2. The Hall–Kier alpha value is -0.830. The lowest BCUT2D eigenvalue weighted by Crippen LogP contribution is -2.23. The molecule has 1 N–H and O–H groups in total. The first-order chi connectivity index (χ1) is 6.54. The molecule has 0 aromatic rings. The van der Waals surface area contributed by atoms with Crippen LogP contribution >= 0.6 is 0 Å². The lowest BCUT2D eigenvalue weighted by Gasteiger charge is -2.09. The molecule has 82 valence electrons. The Morgan fingerprint density at radius 3 is 2.50 bits per heavy atom. The second-order valence-corrected chi connectivity index (χ2v) is 3.88. The highest BCUT2D eigenvalue weighted by Crippen LogP contribution is 1.92. The van der Waals surface area contributed by atoms with Crippen molar-refractivity contribution in [1.82, 2.24) is 10.2 Å². The number of hydrogen-bond acceptors (Lipinski definition) is 2. The Labute approximate surface area is 87.2 Å². The van der Waals surface area contributed by atoms with Crippen LogP contribution in [0.25, 0.3) is 0 Å². The summed E-state index contributed by atoms with van der Waals surface area (Å²) < 4.78 is 0. The highest BCUT2D eigenvalue weighted by Gasteiger charge is 2.01. The van der Waals surface area contributed by atoms with Gasteiger partial charge in [-0.3, -0.25) is 4.79 Å². The Balaban J connectivity index is 3.30. The average molecular weight is 198 g/mol. The molecule has 0 saturated heterocycles. The molecular formula is C11H22N2O. The van der Waals surface area contributed by atoms with E-state index in [-0.39, 0.29) is 5.91 Å². The quantitative estimate of drug-likeness (QED) is 0.517. The van der Waals surface area contributed by atoms with Crippen LogP contribution in [0.4, 0.5) is 0 Å². The molecule has 0 aliphatic heterocycles. The second-order valence-electron chi connectivity index (χ2n) is 3.88. The maximum atomic E-state index is 11.2. The Kier molecular flexibility index (Phi) is 7.11. The van der Waals surface area contributed by atoms with Gasteiger partial charge in [0, 0.05) is 27.1 Å². The molecule has 0 unspecified atom stereocenters. The molecule has 0 fully saturated rings. The maximum Gasteiger partial charge on any atom is 0.222 e. The zero-order valence-electron chi connectivity index (χ0n) is 9.76. The van der Waals surface area contributed by atoms with Crippen molar-refractivity contribution in [2.75, 3.05) is 27.2 Å². The van der Waals surface area contributed by atoms with Gasteiger partial charge >= 0.3 is 0 Å². The van der Waals surface area contributed by atoms with E-state index in [0.29, 0.717) is 6.42 Å².